The van der Waals surface area contributed by atoms with Crippen molar-refractivity contribution in [3.8, 4) is 28.8 Å². The van der Waals surface area contributed by atoms with Crippen molar-refractivity contribution < 1.29 is 9.47 Å². The standard InChI is InChI=1S/C21H18ClN3O3S/c1-3-28-17-9-8-13(10-18(17)27-2)19-15(11-23)20(26)25-21(24-19)29-12-14-6-4-5-7-16(14)22/h4-10H,3,12H2,1-2H3,(H,24,25,26). The number of ether oxygens (including phenoxy) is 2. The average molecular weight is 428 g/mol. The lowest BCUT2D eigenvalue weighted by atomic mass is 10.1. The van der Waals surface area contributed by atoms with Gasteiger partial charge in [0.15, 0.2) is 16.7 Å². The Morgan fingerprint density at radius 1 is 1.24 bits per heavy atom. The lowest BCUT2D eigenvalue weighted by Crippen LogP contribution is -2.14. The summed E-state index contributed by atoms with van der Waals surface area (Å²) in [5.74, 6) is 1.61. The van der Waals surface area contributed by atoms with Gasteiger partial charge in [-0.2, -0.15) is 5.26 Å². The first kappa shape index (κ1) is 20.8. The van der Waals surface area contributed by atoms with Crippen molar-refractivity contribution in [1.29, 1.82) is 5.26 Å². The van der Waals surface area contributed by atoms with E-state index in [-0.39, 0.29) is 5.56 Å². The van der Waals surface area contributed by atoms with Crippen LogP contribution in [0, 0.1) is 11.3 Å². The second-order valence-corrected chi connectivity index (χ2v) is 7.26. The highest BCUT2D eigenvalue weighted by molar-refractivity contribution is 7.98. The lowest BCUT2D eigenvalue weighted by molar-refractivity contribution is 0.311. The molecule has 0 saturated heterocycles. The van der Waals surface area contributed by atoms with Gasteiger partial charge in [-0.3, -0.25) is 4.79 Å². The number of nitrogens with one attached hydrogen (secondary N) is 1. The summed E-state index contributed by atoms with van der Waals surface area (Å²) in [6, 6.07) is 14.6. The topological polar surface area (TPSA) is 88.0 Å². The maximum Gasteiger partial charge on any atom is 0.270 e. The Kier molecular flexibility index (Phi) is 6.81. The van der Waals surface area contributed by atoms with Crippen molar-refractivity contribution >= 4 is 23.4 Å². The summed E-state index contributed by atoms with van der Waals surface area (Å²) in [4.78, 5) is 19.6. The number of benzene rings is 2. The third kappa shape index (κ3) is 4.73. The summed E-state index contributed by atoms with van der Waals surface area (Å²) in [6.45, 7) is 2.37. The Bertz CT molecular complexity index is 1120. The van der Waals surface area contributed by atoms with Gasteiger partial charge in [0.25, 0.3) is 5.56 Å². The Hall–Kier alpha value is -2.95. The van der Waals surface area contributed by atoms with Gasteiger partial charge in [-0.1, -0.05) is 41.6 Å². The number of methoxy groups -OCH3 is 1. The van der Waals surface area contributed by atoms with Crippen molar-refractivity contribution in [2.75, 3.05) is 13.7 Å². The smallest absolute Gasteiger partial charge is 0.270 e. The van der Waals surface area contributed by atoms with Crippen LogP contribution in [0.2, 0.25) is 5.02 Å². The first-order chi connectivity index (χ1) is 14.1. The van der Waals surface area contributed by atoms with Crippen LogP contribution in [0.15, 0.2) is 52.4 Å². The fourth-order valence-corrected chi connectivity index (χ4v) is 3.83. The number of halogens is 1. The van der Waals surface area contributed by atoms with Crippen molar-refractivity contribution in [3.05, 3.63) is 69.0 Å². The average Bonchev–Trinajstić information content (AvgIpc) is 2.73. The molecular weight excluding hydrogens is 410 g/mol. The first-order valence-corrected chi connectivity index (χ1v) is 10.2. The minimum atomic E-state index is -0.494. The van der Waals surface area contributed by atoms with Gasteiger partial charge in [-0.05, 0) is 36.8 Å². The maximum absolute atomic E-state index is 12.5. The van der Waals surface area contributed by atoms with E-state index in [1.165, 1.54) is 18.9 Å². The van der Waals surface area contributed by atoms with Gasteiger partial charge in [0.1, 0.15) is 11.6 Å². The van der Waals surface area contributed by atoms with Crippen molar-refractivity contribution in [1.82, 2.24) is 9.97 Å². The van der Waals surface area contributed by atoms with Crippen molar-refractivity contribution in [3.63, 3.8) is 0 Å². The Labute approximate surface area is 177 Å². The second-order valence-electron chi connectivity index (χ2n) is 5.89. The van der Waals surface area contributed by atoms with E-state index in [9.17, 15) is 10.1 Å². The molecule has 148 valence electrons. The molecule has 1 heterocycles. The SMILES string of the molecule is CCOc1ccc(-c2nc(SCc3ccccc3Cl)[nH]c(=O)c2C#N)cc1OC. The third-order valence-electron chi connectivity index (χ3n) is 4.07. The Morgan fingerprint density at radius 2 is 2.03 bits per heavy atom. The molecular formula is C21H18ClN3O3S. The molecule has 0 unspecified atom stereocenters. The number of aromatic nitrogens is 2. The number of nitrogens with zero attached hydrogens (tertiary/aromatic N) is 2. The molecule has 0 bridgehead atoms. The highest BCUT2D eigenvalue weighted by atomic mass is 35.5. The highest BCUT2D eigenvalue weighted by Gasteiger charge is 2.16. The molecule has 0 amide bonds. The summed E-state index contributed by atoms with van der Waals surface area (Å²) in [7, 11) is 1.53. The van der Waals surface area contributed by atoms with E-state index < -0.39 is 5.56 Å². The highest BCUT2D eigenvalue weighted by Crippen LogP contribution is 2.33. The third-order valence-corrected chi connectivity index (χ3v) is 5.36. The van der Waals surface area contributed by atoms with E-state index in [1.54, 1.807) is 18.2 Å². The molecule has 3 aromatic rings. The number of hydrogen-bond acceptors (Lipinski definition) is 6. The molecule has 29 heavy (non-hydrogen) atoms. The number of thioether (sulfide) groups is 1. The predicted octanol–water partition coefficient (Wildman–Crippen LogP) is 4.66. The van der Waals surface area contributed by atoms with E-state index >= 15 is 0 Å². The Balaban J connectivity index is 1.99. The van der Waals surface area contributed by atoms with Crippen LogP contribution in [0.5, 0.6) is 11.5 Å². The summed E-state index contributed by atoms with van der Waals surface area (Å²) < 4.78 is 10.9. The minimum Gasteiger partial charge on any atom is -0.493 e. The zero-order chi connectivity index (χ0) is 20.8. The van der Waals surface area contributed by atoms with E-state index in [1.807, 2.05) is 37.3 Å². The van der Waals surface area contributed by atoms with Crippen LogP contribution in [0.25, 0.3) is 11.3 Å². The van der Waals surface area contributed by atoms with E-state index in [4.69, 9.17) is 21.1 Å². The quantitative estimate of drug-likeness (QED) is 0.435. The molecule has 0 spiro atoms. The molecule has 0 aliphatic heterocycles. The molecule has 8 heteroatoms. The molecule has 0 radical (unpaired) electrons. The molecule has 0 aliphatic carbocycles. The first-order valence-electron chi connectivity index (χ1n) is 8.79. The molecule has 0 atom stereocenters. The second kappa shape index (κ2) is 9.50. The van der Waals surface area contributed by atoms with Crippen LogP contribution in [0.4, 0.5) is 0 Å². The molecule has 2 aromatic carbocycles. The molecule has 0 aliphatic rings. The summed E-state index contributed by atoms with van der Waals surface area (Å²) >= 11 is 7.53. The van der Waals surface area contributed by atoms with Gasteiger partial charge >= 0.3 is 0 Å². The number of aromatic amines is 1. The predicted molar refractivity (Wildman–Crippen MR) is 114 cm³/mol. The van der Waals surface area contributed by atoms with E-state index in [2.05, 4.69) is 9.97 Å². The molecule has 3 rings (SSSR count). The Morgan fingerprint density at radius 3 is 2.72 bits per heavy atom. The molecule has 0 fully saturated rings. The van der Waals surface area contributed by atoms with Gasteiger partial charge in [-0.25, -0.2) is 4.98 Å². The zero-order valence-corrected chi connectivity index (χ0v) is 17.4. The molecule has 1 aromatic heterocycles. The summed E-state index contributed by atoms with van der Waals surface area (Å²) in [5.41, 5.74) is 1.26. The van der Waals surface area contributed by atoms with Crippen LogP contribution in [-0.2, 0) is 5.75 Å². The van der Waals surface area contributed by atoms with Crippen LogP contribution in [0.3, 0.4) is 0 Å². The molecule has 1 N–H and O–H groups in total. The van der Waals surface area contributed by atoms with Crippen molar-refractivity contribution in [2.45, 2.75) is 17.8 Å². The van der Waals surface area contributed by atoms with E-state index in [0.29, 0.717) is 45.3 Å². The van der Waals surface area contributed by atoms with Gasteiger partial charge in [0, 0.05) is 16.3 Å². The summed E-state index contributed by atoms with van der Waals surface area (Å²) in [6.07, 6.45) is 0. The van der Waals surface area contributed by atoms with Crippen LogP contribution in [0.1, 0.15) is 18.1 Å². The van der Waals surface area contributed by atoms with Crippen LogP contribution in [-0.4, -0.2) is 23.7 Å². The largest absolute Gasteiger partial charge is 0.493 e. The van der Waals surface area contributed by atoms with E-state index in [0.717, 1.165) is 5.56 Å². The molecule has 6 nitrogen and oxygen atoms in total. The minimum absolute atomic E-state index is 0.0571. The number of rotatable bonds is 7. The zero-order valence-electron chi connectivity index (χ0n) is 15.9. The summed E-state index contributed by atoms with van der Waals surface area (Å²) in [5, 5.41) is 10.5. The normalized spacial score (nSPS) is 10.4. The van der Waals surface area contributed by atoms with Crippen LogP contribution >= 0.6 is 23.4 Å². The number of H-pyrrole nitrogens is 1. The molecule has 0 saturated carbocycles. The lowest BCUT2D eigenvalue weighted by Gasteiger charge is -2.12. The van der Waals surface area contributed by atoms with Gasteiger partial charge < -0.3 is 14.5 Å². The van der Waals surface area contributed by atoms with Crippen molar-refractivity contribution in [2.24, 2.45) is 0 Å². The van der Waals surface area contributed by atoms with Gasteiger partial charge in [0.2, 0.25) is 0 Å². The van der Waals surface area contributed by atoms with Gasteiger partial charge in [-0.15, -0.1) is 0 Å². The fourth-order valence-electron chi connectivity index (χ4n) is 2.68. The fraction of sp³-hybridized carbons (Fsp3) is 0.190. The maximum atomic E-state index is 12.5. The number of nitriles is 1. The number of hydrogen-bond donors (Lipinski definition) is 1. The van der Waals surface area contributed by atoms with Gasteiger partial charge in [0.05, 0.1) is 19.4 Å². The monoisotopic (exact) mass is 427 g/mol. The van der Waals surface area contributed by atoms with Crippen LogP contribution < -0.4 is 15.0 Å².